The highest BCUT2D eigenvalue weighted by molar-refractivity contribution is 5.77. The van der Waals surface area contributed by atoms with E-state index in [9.17, 15) is 19.2 Å². The van der Waals surface area contributed by atoms with Crippen molar-refractivity contribution in [3.63, 3.8) is 0 Å². The van der Waals surface area contributed by atoms with Crippen molar-refractivity contribution in [3.8, 4) is 11.5 Å². The predicted octanol–water partition coefficient (Wildman–Crippen LogP) is 4.98. The van der Waals surface area contributed by atoms with Gasteiger partial charge in [0.25, 0.3) is 0 Å². The summed E-state index contributed by atoms with van der Waals surface area (Å²) in [5, 5.41) is 0. The number of carbonyl (C=O) groups excluding carboxylic acids is 4. The summed E-state index contributed by atoms with van der Waals surface area (Å²) in [4.78, 5) is 48.8. The minimum absolute atomic E-state index is 0.0704. The van der Waals surface area contributed by atoms with Crippen LogP contribution in [0.1, 0.15) is 79.7 Å². The Kier molecular flexibility index (Phi) is 15.2. The van der Waals surface area contributed by atoms with Gasteiger partial charge in [-0.2, -0.15) is 0 Å². The molecule has 220 valence electrons. The first-order valence-corrected chi connectivity index (χ1v) is 13.6. The molecule has 0 fully saturated rings. The van der Waals surface area contributed by atoms with Gasteiger partial charge in [0, 0.05) is 12.8 Å². The van der Waals surface area contributed by atoms with Crippen molar-refractivity contribution >= 4 is 24.1 Å². The van der Waals surface area contributed by atoms with Crippen molar-refractivity contribution in [1.29, 1.82) is 0 Å². The van der Waals surface area contributed by atoms with E-state index in [2.05, 4.69) is 0 Å². The lowest BCUT2D eigenvalue weighted by Gasteiger charge is -2.18. The lowest BCUT2D eigenvalue weighted by atomic mass is 10.1. The molecule has 0 radical (unpaired) electrons. The fourth-order valence-corrected chi connectivity index (χ4v) is 3.12. The summed E-state index contributed by atoms with van der Waals surface area (Å²) < 4.78 is 26.1. The third kappa shape index (κ3) is 15.1. The molecule has 0 saturated heterocycles. The molecule has 0 unspecified atom stereocenters. The van der Waals surface area contributed by atoms with E-state index in [4.69, 9.17) is 29.4 Å². The summed E-state index contributed by atoms with van der Waals surface area (Å²) in [6, 6.07) is 3.65. The summed E-state index contributed by atoms with van der Waals surface area (Å²) in [5.74, 6) is -0.548. The average molecular weight is 552 g/mol. The molecule has 10 heteroatoms. The highest BCUT2D eigenvalue weighted by atomic mass is 16.7. The number of esters is 3. The second kappa shape index (κ2) is 17.4. The van der Waals surface area contributed by atoms with Gasteiger partial charge in [0.15, 0.2) is 11.5 Å². The van der Waals surface area contributed by atoms with Crippen molar-refractivity contribution in [1.82, 2.24) is 0 Å². The normalized spacial score (nSPS) is 12.7. The van der Waals surface area contributed by atoms with Gasteiger partial charge in [-0.25, -0.2) is 4.79 Å². The third-order valence-corrected chi connectivity index (χ3v) is 5.35. The van der Waals surface area contributed by atoms with Gasteiger partial charge in [-0.15, -0.1) is 0 Å². The Hall–Kier alpha value is -3.14. The SMILES string of the molecule is CC(C)CCC(=O)Oc1ccc(C[C@H](N)C(=O)O[C@@H](C)COC(=O)OCC(C)C)cc1OC(=O)CCC(C)C. The van der Waals surface area contributed by atoms with Gasteiger partial charge in [-0.1, -0.05) is 47.6 Å². The van der Waals surface area contributed by atoms with Crippen LogP contribution in [0.5, 0.6) is 11.5 Å². The van der Waals surface area contributed by atoms with E-state index >= 15 is 0 Å². The smallest absolute Gasteiger partial charge is 0.458 e. The highest BCUT2D eigenvalue weighted by Crippen LogP contribution is 2.30. The molecule has 2 atom stereocenters. The molecule has 0 amide bonds. The predicted molar refractivity (Wildman–Crippen MR) is 145 cm³/mol. The van der Waals surface area contributed by atoms with Crippen LogP contribution in [0.15, 0.2) is 18.2 Å². The van der Waals surface area contributed by atoms with Gasteiger partial charge >= 0.3 is 24.1 Å². The van der Waals surface area contributed by atoms with Gasteiger partial charge in [0.2, 0.25) is 0 Å². The Balaban J connectivity index is 2.83. The maximum absolute atomic E-state index is 12.5. The second-order valence-corrected chi connectivity index (χ2v) is 10.9. The number of hydrogen-bond donors (Lipinski definition) is 1. The third-order valence-electron chi connectivity index (χ3n) is 5.35. The molecule has 10 nitrogen and oxygen atoms in total. The highest BCUT2D eigenvalue weighted by Gasteiger charge is 2.22. The summed E-state index contributed by atoms with van der Waals surface area (Å²) in [5.41, 5.74) is 6.63. The number of nitrogens with two attached hydrogens (primary N) is 1. The largest absolute Gasteiger partial charge is 0.508 e. The van der Waals surface area contributed by atoms with Crippen molar-refractivity contribution in [2.45, 2.75) is 92.7 Å². The zero-order chi connectivity index (χ0) is 29.5. The zero-order valence-corrected chi connectivity index (χ0v) is 24.3. The van der Waals surface area contributed by atoms with E-state index in [1.54, 1.807) is 13.0 Å². The van der Waals surface area contributed by atoms with E-state index < -0.39 is 36.2 Å². The molecule has 1 aromatic carbocycles. The molecular formula is C29H45NO9. The number of hydrogen-bond acceptors (Lipinski definition) is 10. The maximum Gasteiger partial charge on any atom is 0.508 e. The van der Waals surface area contributed by atoms with E-state index in [0.29, 0.717) is 30.2 Å². The van der Waals surface area contributed by atoms with E-state index in [1.807, 2.05) is 41.5 Å². The van der Waals surface area contributed by atoms with E-state index in [0.717, 1.165) is 0 Å². The first-order chi connectivity index (χ1) is 18.3. The number of benzene rings is 1. The van der Waals surface area contributed by atoms with E-state index in [-0.39, 0.29) is 49.9 Å². The fraction of sp³-hybridized carbons (Fsp3) is 0.655. The van der Waals surface area contributed by atoms with Crippen LogP contribution in [0.2, 0.25) is 0 Å². The Morgan fingerprint density at radius 1 is 0.744 bits per heavy atom. The monoisotopic (exact) mass is 551 g/mol. The van der Waals surface area contributed by atoms with Crippen LogP contribution in [0.4, 0.5) is 4.79 Å². The van der Waals surface area contributed by atoms with Crippen molar-refractivity contribution in [2.75, 3.05) is 13.2 Å². The topological polar surface area (TPSA) is 140 Å². The van der Waals surface area contributed by atoms with Gasteiger partial charge in [0.05, 0.1) is 6.61 Å². The summed E-state index contributed by atoms with van der Waals surface area (Å²) in [7, 11) is 0. The minimum Gasteiger partial charge on any atom is -0.458 e. The van der Waals surface area contributed by atoms with Gasteiger partial charge < -0.3 is 29.4 Å². The van der Waals surface area contributed by atoms with Crippen LogP contribution < -0.4 is 15.2 Å². The van der Waals surface area contributed by atoms with Crippen LogP contribution in [-0.2, 0) is 35.0 Å². The molecule has 0 heterocycles. The van der Waals surface area contributed by atoms with Crippen molar-refractivity contribution < 1.29 is 42.9 Å². The number of ether oxygens (including phenoxy) is 5. The molecule has 1 rings (SSSR count). The first kappa shape index (κ1) is 33.9. The molecule has 0 spiro atoms. The quantitative estimate of drug-likeness (QED) is 0.221. The van der Waals surface area contributed by atoms with Gasteiger partial charge in [-0.05, 0) is 61.6 Å². The summed E-state index contributed by atoms with van der Waals surface area (Å²) >= 11 is 0. The molecule has 2 N–H and O–H groups in total. The summed E-state index contributed by atoms with van der Waals surface area (Å²) in [6.45, 7) is 13.4. The van der Waals surface area contributed by atoms with Crippen LogP contribution in [-0.4, -0.2) is 49.4 Å². The average Bonchev–Trinajstić information content (AvgIpc) is 2.85. The second-order valence-electron chi connectivity index (χ2n) is 10.9. The van der Waals surface area contributed by atoms with Gasteiger partial charge in [-0.3, -0.25) is 14.4 Å². The maximum atomic E-state index is 12.5. The van der Waals surface area contributed by atoms with Gasteiger partial charge in [0.1, 0.15) is 18.8 Å². The molecule has 0 aromatic heterocycles. The molecule has 0 aliphatic carbocycles. The molecule has 39 heavy (non-hydrogen) atoms. The van der Waals surface area contributed by atoms with Crippen molar-refractivity contribution in [3.05, 3.63) is 23.8 Å². The minimum atomic E-state index is -1.04. The summed E-state index contributed by atoms with van der Waals surface area (Å²) in [6.07, 6.45) is 0.252. The lowest BCUT2D eigenvalue weighted by molar-refractivity contribution is -0.152. The molecule has 0 saturated carbocycles. The Morgan fingerprint density at radius 3 is 1.82 bits per heavy atom. The van der Waals surface area contributed by atoms with Crippen LogP contribution >= 0.6 is 0 Å². The number of carbonyl (C=O) groups is 4. The fourth-order valence-electron chi connectivity index (χ4n) is 3.12. The van der Waals surface area contributed by atoms with Crippen molar-refractivity contribution in [2.24, 2.45) is 23.5 Å². The van der Waals surface area contributed by atoms with Crippen LogP contribution in [0.3, 0.4) is 0 Å². The molecule has 1 aromatic rings. The standard InChI is InChI=1S/C29H45NO9/c1-18(2)8-12-26(31)38-24-11-10-22(15-25(24)39-27(32)13-9-19(3)4)14-23(30)28(33)37-21(7)17-36-29(34)35-16-20(5)6/h10-11,15,18-21,23H,8-9,12-14,16-17,30H2,1-7H3/t21-,23-/m0/s1. The van der Waals surface area contributed by atoms with E-state index in [1.165, 1.54) is 12.1 Å². The molecule has 0 bridgehead atoms. The van der Waals surface area contributed by atoms with Crippen LogP contribution in [0.25, 0.3) is 0 Å². The lowest BCUT2D eigenvalue weighted by Crippen LogP contribution is -2.37. The zero-order valence-electron chi connectivity index (χ0n) is 24.3. The Morgan fingerprint density at radius 2 is 1.28 bits per heavy atom. The van der Waals surface area contributed by atoms with Crippen LogP contribution in [0, 0.1) is 17.8 Å². The molecule has 0 aliphatic rings. The first-order valence-electron chi connectivity index (χ1n) is 13.6. The Bertz CT molecular complexity index is 943. The number of rotatable bonds is 16. The molecular weight excluding hydrogens is 506 g/mol. The molecule has 0 aliphatic heterocycles. The Labute approximate surface area is 231 Å².